The van der Waals surface area contributed by atoms with Crippen LogP contribution >= 0.6 is 0 Å². The first-order valence-corrected chi connectivity index (χ1v) is 7.07. The molecule has 0 aliphatic heterocycles. The molecule has 0 unspecified atom stereocenters. The van der Waals surface area contributed by atoms with Crippen LogP contribution in [-0.4, -0.2) is 36.1 Å². The molecule has 0 radical (unpaired) electrons. The Morgan fingerprint density at radius 2 is 1.79 bits per heavy atom. The molecule has 5 heteroatoms. The van der Waals surface area contributed by atoms with Gasteiger partial charge in [0.15, 0.2) is 0 Å². The topological polar surface area (TPSA) is 78.4 Å². The van der Waals surface area contributed by atoms with Crippen LogP contribution in [0.25, 0.3) is 0 Å². The fraction of sp³-hybridized carbons (Fsp3) is 0.714. The molecule has 0 bridgehead atoms. The fourth-order valence-corrected chi connectivity index (χ4v) is 2.40. The van der Waals surface area contributed by atoms with Crippen molar-refractivity contribution >= 4 is 11.9 Å². The molecule has 2 aliphatic rings. The molecule has 5 nitrogen and oxygen atoms in total. The SMILES string of the molecule is O=C(O)[C@H]1CC=CC[C@H]1C(=O)NCCCNC1CC1. The number of allylic oxidation sites excluding steroid dienone is 2. The summed E-state index contributed by atoms with van der Waals surface area (Å²) in [5.74, 6) is -1.99. The van der Waals surface area contributed by atoms with Crippen LogP contribution in [0.5, 0.6) is 0 Å². The quantitative estimate of drug-likeness (QED) is 0.473. The van der Waals surface area contributed by atoms with Crippen molar-refractivity contribution in [3.8, 4) is 0 Å². The van der Waals surface area contributed by atoms with Gasteiger partial charge in [-0.25, -0.2) is 0 Å². The highest BCUT2D eigenvalue weighted by molar-refractivity contribution is 5.85. The van der Waals surface area contributed by atoms with E-state index in [1.807, 2.05) is 12.2 Å². The summed E-state index contributed by atoms with van der Waals surface area (Å²) in [5, 5.41) is 15.3. The monoisotopic (exact) mass is 266 g/mol. The van der Waals surface area contributed by atoms with Gasteiger partial charge in [-0.2, -0.15) is 0 Å². The Hall–Kier alpha value is -1.36. The van der Waals surface area contributed by atoms with Gasteiger partial charge in [0.1, 0.15) is 0 Å². The van der Waals surface area contributed by atoms with Gasteiger partial charge in [0.05, 0.1) is 11.8 Å². The summed E-state index contributed by atoms with van der Waals surface area (Å²) < 4.78 is 0. The lowest BCUT2D eigenvalue weighted by Gasteiger charge is -2.24. The third kappa shape index (κ3) is 4.35. The maximum absolute atomic E-state index is 12.0. The first kappa shape index (κ1) is 14.1. The van der Waals surface area contributed by atoms with Crippen molar-refractivity contribution in [3.63, 3.8) is 0 Å². The van der Waals surface area contributed by atoms with Crippen LogP contribution < -0.4 is 10.6 Å². The molecule has 2 atom stereocenters. The minimum Gasteiger partial charge on any atom is -0.481 e. The van der Waals surface area contributed by atoms with E-state index in [1.54, 1.807) is 0 Å². The predicted octanol–water partition coefficient (Wildman–Crippen LogP) is 0.912. The Balaban J connectivity index is 1.68. The highest BCUT2D eigenvalue weighted by Crippen LogP contribution is 2.25. The van der Waals surface area contributed by atoms with Crippen LogP contribution in [0.4, 0.5) is 0 Å². The Morgan fingerprint density at radius 3 is 2.42 bits per heavy atom. The zero-order chi connectivity index (χ0) is 13.7. The molecule has 19 heavy (non-hydrogen) atoms. The third-order valence-electron chi connectivity index (χ3n) is 3.75. The van der Waals surface area contributed by atoms with Crippen LogP contribution in [-0.2, 0) is 9.59 Å². The van der Waals surface area contributed by atoms with Crippen LogP contribution in [0.15, 0.2) is 12.2 Å². The fourth-order valence-electron chi connectivity index (χ4n) is 2.40. The second-order valence-corrected chi connectivity index (χ2v) is 5.37. The Labute approximate surface area is 113 Å². The van der Waals surface area contributed by atoms with Crippen molar-refractivity contribution in [2.45, 2.75) is 38.1 Å². The number of carbonyl (C=O) groups is 2. The van der Waals surface area contributed by atoms with Gasteiger partial charge in [-0.1, -0.05) is 12.2 Å². The number of hydrogen-bond donors (Lipinski definition) is 3. The van der Waals surface area contributed by atoms with Gasteiger partial charge in [-0.05, 0) is 38.6 Å². The van der Waals surface area contributed by atoms with Crippen molar-refractivity contribution in [2.24, 2.45) is 11.8 Å². The predicted molar refractivity (Wildman–Crippen MR) is 71.6 cm³/mol. The molecular formula is C14H22N2O3. The average molecular weight is 266 g/mol. The second-order valence-electron chi connectivity index (χ2n) is 5.37. The van der Waals surface area contributed by atoms with Crippen molar-refractivity contribution in [2.75, 3.05) is 13.1 Å². The summed E-state index contributed by atoms with van der Waals surface area (Å²) in [6.07, 6.45) is 8.16. The first-order chi connectivity index (χ1) is 9.18. The molecule has 2 rings (SSSR count). The zero-order valence-electron chi connectivity index (χ0n) is 11.1. The Kier molecular flexibility index (Phi) is 4.96. The highest BCUT2D eigenvalue weighted by atomic mass is 16.4. The average Bonchev–Trinajstić information content (AvgIpc) is 3.22. The smallest absolute Gasteiger partial charge is 0.307 e. The van der Waals surface area contributed by atoms with E-state index in [1.165, 1.54) is 12.8 Å². The maximum atomic E-state index is 12.0. The van der Waals surface area contributed by atoms with E-state index >= 15 is 0 Å². The number of amides is 1. The van der Waals surface area contributed by atoms with Gasteiger partial charge in [0.2, 0.25) is 5.91 Å². The summed E-state index contributed by atoms with van der Waals surface area (Å²) in [4.78, 5) is 23.1. The van der Waals surface area contributed by atoms with Gasteiger partial charge in [-0.3, -0.25) is 9.59 Å². The lowest BCUT2D eigenvalue weighted by Crippen LogP contribution is -2.39. The molecule has 3 N–H and O–H groups in total. The van der Waals surface area contributed by atoms with Gasteiger partial charge in [0.25, 0.3) is 0 Å². The largest absolute Gasteiger partial charge is 0.481 e. The summed E-state index contributed by atoms with van der Waals surface area (Å²) in [6, 6.07) is 0.690. The molecule has 0 saturated heterocycles. The maximum Gasteiger partial charge on any atom is 0.307 e. The first-order valence-electron chi connectivity index (χ1n) is 7.07. The number of carboxylic acid groups (broad SMARTS) is 1. The van der Waals surface area contributed by atoms with Crippen molar-refractivity contribution in [1.82, 2.24) is 10.6 Å². The van der Waals surface area contributed by atoms with Crippen LogP contribution in [0.2, 0.25) is 0 Å². The molecule has 106 valence electrons. The van der Waals surface area contributed by atoms with Gasteiger partial charge < -0.3 is 15.7 Å². The number of rotatable bonds is 7. The van der Waals surface area contributed by atoms with Crippen LogP contribution in [0.1, 0.15) is 32.1 Å². The molecule has 0 aromatic carbocycles. The van der Waals surface area contributed by atoms with Crippen molar-refractivity contribution in [3.05, 3.63) is 12.2 Å². The normalized spacial score (nSPS) is 26.1. The molecule has 2 aliphatic carbocycles. The van der Waals surface area contributed by atoms with E-state index in [4.69, 9.17) is 5.11 Å². The lowest BCUT2D eigenvalue weighted by molar-refractivity contribution is -0.147. The van der Waals surface area contributed by atoms with Gasteiger partial charge >= 0.3 is 5.97 Å². The van der Waals surface area contributed by atoms with Crippen LogP contribution in [0, 0.1) is 11.8 Å². The van der Waals surface area contributed by atoms with E-state index in [9.17, 15) is 9.59 Å². The van der Waals surface area contributed by atoms with Gasteiger partial charge in [0, 0.05) is 12.6 Å². The third-order valence-corrected chi connectivity index (χ3v) is 3.75. The molecule has 1 fully saturated rings. The number of aliphatic carboxylic acids is 1. The molecule has 1 saturated carbocycles. The molecule has 1 amide bonds. The molecule has 0 spiro atoms. The van der Waals surface area contributed by atoms with Crippen LogP contribution in [0.3, 0.4) is 0 Å². The second kappa shape index (κ2) is 6.70. The summed E-state index contributed by atoms with van der Waals surface area (Å²) in [5.41, 5.74) is 0. The number of carboxylic acids is 1. The standard InChI is InChI=1S/C14H22N2O3/c17-13(16-9-3-8-15-10-6-7-10)11-4-1-2-5-12(11)14(18)19/h1-2,10-12,15H,3-9H2,(H,16,17)(H,18,19)/t11-,12+/m1/s1. The molecular weight excluding hydrogens is 244 g/mol. The Bertz CT molecular complexity index is 364. The van der Waals surface area contributed by atoms with E-state index in [0.717, 1.165) is 13.0 Å². The zero-order valence-corrected chi connectivity index (χ0v) is 11.1. The molecule has 0 aromatic rings. The van der Waals surface area contributed by atoms with E-state index in [2.05, 4.69) is 10.6 Å². The minimum absolute atomic E-state index is 0.122. The summed E-state index contributed by atoms with van der Waals surface area (Å²) >= 11 is 0. The lowest BCUT2D eigenvalue weighted by atomic mass is 9.82. The van der Waals surface area contributed by atoms with E-state index in [0.29, 0.717) is 25.4 Å². The molecule has 0 heterocycles. The highest BCUT2D eigenvalue weighted by Gasteiger charge is 2.33. The molecule has 0 aromatic heterocycles. The van der Waals surface area contributed by atoms with Gasteiger partial charge in [-0.15, -0.1) is 0 Å². The number of nitrogens with one attached hydrogen (secondary N) is 2. The Morgan fingerprint density at radius 1 is 1.11 bits per heavy atom. The number of carbonyl (C=O) groups excluding carboxylic acids is 1. The van der Waals surface area contributed by atoms with Crippen molar-refractivity contribution in [1.29, 1.82) is 0 Å². The number of hydrogen-bond acceptors (Lipinski definition) is 3. The summed E-state index contributed by atoms with van der Waals surface area (Å²) in [7, 11) is 0. The minimum atomic E-state index is -0.875. The van der Waals surface area contributed by atoms with E-state index < -0.39 is 17.8 Å². The van der Waals surface area contributed by atoms with E-state index in [-0.39, 0.29) is 5.91 Å². The van der Waals surface area contributed by atoms with Crippen molar-refractivity contribution < 1.29 is 14.7 Å². The summed E-state index contributed by atoms with van der Waals surface area (Å²) in [6.45, 7) is 1.53.